The summed E-state index contributed by atoms with van der Waals surface area (Å²) in [6.45, 7) is -0.593. The van der Waals surface area contributed by atoms with E-state index in [0.29, 0.717) is 11.5 Å². The normalized spacial score (nSPS) is 13.1. The van der Waals surface area contributed by atoms with Crippen molar-refractivity contribution in [1.29, 1.82) is 0 Å². The molecule has 338 valence electrons. The summed E-state index contributed by atoms with van der Waals surface area (Å²) in [6, 6.07) is 82.5. The number of hydrogen-bond acceptors (Lipinski definition) is 5. The molecule has 10 aromatic carbocycles. The van der Waals surface area contributed by atoms with Crippen LogP contribution in [0.3, 0.4) is 0 Å². The van der Waals surface area contributed by atoms with Gasteiger partial charge in [0.2, 0.25) is 11.5 Å². The largest absolute Gasteiger partial charge is 0.477 e. The molecule has 4 aliphatic rings. The van der Waals surface area contributed by atoms with Crippen LogP contribution in [-0.2, 0) is 0 Å². The van der Waals surface area contributed by atoms with Gasteiger partial charge in [0.05, 0.1) is 22.4 Å². The van der Waals surface area contributed by atoms with Gasteiger partial charge < -0.3 is 32.8 Å². The first-order chi connectivity index (χ1) is 36.2. The molecule has 0 saturated heterocycles. The highest BCUT2D eigenvalue weighted by Crippen LogP contribution is 2.48. The summed E-state index contributed by atoms with van der Waals surface area (Å²) >= 11 is 0. The molecule has 4 aliphatic heterocycles. The lowest BCUT2D eigenvalue weighted by Crippen LogP contribution is -2.59. The maximum absolute atomic E-state index is 7.61. The fourth-order valence-electron chi connectivity index (χ4n) is 12.9. The van der Waals surface area contributed by atoms with Gasteiger partial charge in [-0.1, -0.05) is 146 Å². The molecule has 73 heavy (non-hydrogen) atoms. The number of hydrogen-bond donors (Lipinski definition) is 0. The summed E-state index contributed by atoms with van der Waals surface area (Å²) in [5.74, 6) is 2.75. The lowest BCUT2D eigenvalue weighted by molar-refractivity contribution is 0.427. The molecule has 0 fully saturated rings. The number of ether oxygens (including phenoxy) is 2. The van der Waals surface area contributed by atoms with Crippen LogP contribution in [0, 0.1) is 0 Å². The molecule has 0 N–H and O–H groups in total. The predicted octanol–water partition coefficient (Wildman–Crippen LogP) is 12.3. The van der Waals surface area contributed by atoms with E-state index in [9.17, 15) is 0 Å². The minimum atomic E-state index is -0.296. The zero-order valence-corrected chi connectivity index (χ0v) is 39.1. The standard InChI is InChI=1S/C64H38B2N4O3/c1-5-19-39(20-6-1)67(40-21-7-2-8-22-40)43-35-53-57-55(37-43)71-61-62-64(73-63(61)65(57)49-31-17-29-47-45-27-13-15-33-51(45)69(53)59(47)49)66-50-32-18-30-48-46-28-14-16-34-52(46)70(60(48)50)54-36-44(38-56(72-62)58(54)66)68(41-23-9-3-10-24-41)42-25-11-4-12-26-42/h1-38H. The Balaban J connectivity index is 0.954. The number of aromatic nitrogens is 2. The molecule has 17 rings (SSSR count). The molecule has 0 amide bonds. The van der Waals surface area contributed by atoms with Crippen molar-refractivity contribution >= 4 is 124 Å². The second-order valence-electron chi connectivity index (χ2n) is 19.5. The van der Waals surface area contributed by atoms with Crippen molar-refractivity contribution in [2.75, 3.05) is 9.80 Å². The monoisotopic (exact) mass is 932 g/mol. The Morgan fingerprint density at radius 3 is 1.08 bits per heavy atom. The van der Waals surface area contributed by atoms with Crippen LogP contribution in [0.2, 0.25) is 0 Å². The number of rotatable bonds is 6. The van der Waals surface area contributed by atoms with Gasteiger partial charge >= 0.3 is 13.4 Å². The highest BCUT2D eigenvalue weighted by Gasteiger charge is 2.51. The van der Waals surface area contributed by atoms with Crippen LogP contribution in [-0.4, -0.2) is 22.6 Å². The summed E-state index contributed by atoms with van der Waals surface area (Å²) in [6.07, 6.45) is 0. The third-order valence-corrected chi connectivity index (χ3v) is 15.7. The van der Waals surface area contributed by atoms with E-state index in [-0.39, 0.29) is 13.4 Å². The number of anilines is 6. The third kappa shape index (κ3) is 5.24. The summed E-state index contributed by atoms with van der Waals surface area (Å²) in [4.78, 5) is 4.64. The highest BCUT2D eigenvalue weighted by atomic mass is 16.5. The average molecular weight is 933 g/mol. The van der Waals surface area contributed by atoms with E-state index in [1.165, 1.54) is 43.5 Å². The topological polar surface area (TPSA) is 47.9 Å². The summed E-state index contributed by atoms with van der Waals surface area (Å²) in [7, 11) is 0. The van der Waals surface area contributed by atoms with E-state index < -0.39 is 0 Å². The van der Waals surface area contributed by atoms with Crippen molar-refractivity contribution in [3.05, 3.63) is 231 Å². The van der Waals surface area contributed by atoms with Crippen LogP contribution in [0.15, 0.2) is 235 Å². The Labute approximate surface area is 420 Å². The molecule has 0 unspecified atom stereocenters. The maximum Gasteiger partial charge on any atom is 0.301 e. The molecule has 9 heteroatoms. The fourth-order valence-corrected chi connectivity index (χ4v) is 12.9. The average Bonchev–Trinajstić information content (AvgIpc) is 4.14. The Hall–Kier alpha value is -9.59. The molecule has 0 aliphatic carbocycles. The lowest BCUT2D eigenvalue weighted by Gasteiger charge is -2.34. The minimum absolute atomic E-state index is 0.296. The van der Waals surface area contributed by atoms with Gasteiger partial charge in [-0.05, 0) is 83.7 Å². The molecule has 0 bridgehead atoms. The van der Waals surface area contributed by atoms with Gasteiger partial charge in [-0.15, -0.1) is 0 Å². The second kappa shape index (κ2) is 14.5. The van der Waals surface area contributed by atoms with Gasteiger partial charge in [0.15, 0.2) is 0 Å². The number of para-hydroxylation sites is 8. The Morgan fingerprint density at radius 1 is 0.329 bits per heavy atom. The maximum atomic E-state index is 7.61. The molecule has 3 aromatic heterocycles. The number of fused-ring (bicyclic) bond motifs is 15. The first-order valence-corrected chi connectivity index (χ1v) is 25.0. The third-order valence-electron chi connectivity index (χ3n) is 15.7. The van der Waals surface area contributed by atoms with E-state index in [2.05, 4.69) is 249 Å². The van der Waals surface area contributed by atoms with Crippen LogP contribution >= 0.6 is 0 Å². The Morgan fingerprint density at radius 2 is 0.685 bits per heavy atom. The van der Waals surface area contributed by atoms with Crippen LogP contribution in [0.1, 0.15) is 0 Å². The predicted molar refractivity (Wildman–Crippen MR) is 299 cm³/mol. The van der Waals surface area contributed by atoms with E-state index in [0.717, 1.165) is 90.3 Å². The molecule has 0 radical (unpaired) electrons. The van der Waals surface area contributed by atoms with E-state index >= 15 is 0 Å². The number of nitrogens with zero attached hydrogens (tertiary/aromatic N) is 4. The van der Waals surface area contributed by atoms with Gasteiger partial charge in [-0.25, -0.2) is 0 Å². The molecular formula is C64H38B2N4O3. The summed E-state index contributed by atoms with van der Waals surface area (Å²) < 4.78 is 27.5. The fraction of sp³-hybridized carbons (Fsp3) is 0. The van der Waals surface area contributed by atoms with Crippen LogP contribution in [0.25, 0.3) is 55.0 Å². The van der Waals surface area contributed by atoms with Gasteiger partial charge in [-0.3, -0.25) is 0 Å². The smallest absolute Gasteiger partial charge is 0.301 e. The van der Waals surface area contributed by atoms with Crippen LogP contribution < -0.4 is 52.4 Å². The molecule has 7 heterocycles. The van der Waals surface area contributed by atoms with Gasteiger partial charge in [0, 0.05) is 89.8 Å². The first kappa shape index (κ1) is 39.2. The minimum Gasteiger partial charge on any atom is -0.477 e. The highest BCUT2D eigenvalue weighted by molar-refractivity contribution is 7.01. The van der Waals surface area contributed by atoms with Crippen LogP contribution in [0.4, 0.5) is 34.1 Å². The van der Waals surface area contributed by atoms with Crippen molar-refractivity contribution in [2.45, 2.75) is 0 Å². The van der Waals surface area contributed by atoms with Gasteiger partial charge in [-0.2, -0.15) is 0 Å². The molecule has 7 nitrogen and oxygen atoms in total. The van der Waals surface area contributed by atoms with E-state index in [1.807, 2.05) is 0 Å². The quantitative estimate of drug-likeness (QED) is 0.156. The lowest BCUT2D eigenvalue weighted by atomic mass is 9.36. The molecule has 0 atom stereocenters. The van der Waals surface area contributed by atoms with Crippen molar-refractivity contribution in [3.63, 3.8) is 0 Å². The first-order valence-electron chi connectivity index (χ1n) is 25.0. The van der Waals surface area contributed by atoms with Crippen molar-refractivity contribution in [3.8, 4) is 34.4 Å². The second-order valence-corrected chi connectivity index (χ2v) is 19.5. The number of benzene rings is 10. The zero-order chi connectivity index (χ0) is 47.5. The number of furan rings is 1. The van der Waals surface area contributed by atoms with Crippen molar-refractivity contribution < 1.29 is 13.9 Å². The summed E-state index contributed by atoms with van der Waals surface area (Å²) in [5, 5.41) is 4.81. The molecule has 0 saturated carbocycles. The van der Waals surface area contributed by atoms with Gasteiger partial charge in [0.25, 0.3) is 0 Å². The zero-order valence-electron chi connectivity index (χ0n) is 39.1. The van der Waals surface area contributed by atoms with E-state index in [4.69, 9.17) is 13.9 Å². The molecular weight excluding hydrogens is 894 g/mol. The van der Waals surface area contributed by atoms with Crippen molar-refractivity contribution in [2.24, 2.45) is 0 Å². The molecule has 13 aromatic rings. The van der Waals surface area contributed by atoms with E-state index in [1.54, 1.807) is 0 Å². The van der Waals surface area contributed by atoms with Gasteiger partial charge in [0.1, 0.15) is 22.8 Å². The SMILES string of the molecule is c1ccc(N(c2ccccc2)c2cc3c4c(c2)-n2c5ccccc5c5cccc(c52)B4c2oc4c(c2O3)Oc2cc(N(c3ccccc3)c3ccccc3)cc3c2B4c2cccc4c5ccccc5n-3c24)cc1. The van der Waals surface area contributed by atoms with Crippen LogP contribution in [0.5, 0.6) is 23.0 Å². The molecule has 0 spiro atoms. The van der Waals surface area contributed by atoms with Crippen molar-refractivity contribution in [1.82, 2.24) is 9.13 Å². The Kier molecular flexibility index (Phi) is 7.78. The summed E-state index contributed by atoms with van der Waals surface area (Å²) in [5.41, 5.74) is 18.9. The Bertz CT molecular complexity index is 4110.